The number of Topliss-reactive ketones (excluding diaryl/α,β-unsaturated/α-hetero) is 8. The Hall–Kier alpha value is -12.9. The minimum atomic E-state index is -1.48. The number of carbonyl (C=O) groups excluding carboxylic acids is 14. The lowest BCUT2D eigenvalue weighted by Gasteiger charge is -2.27. The summed E-state index contributed by atoms with van der Waals surface area (Å²) in [6.45, 7) is 2.63. The van der Waals surface area contributed by atoms with Crippen molar-refractivity contribution >= 4 is 148 Å². The fourth-order valence-electron chi connectivity index (χ4n) is 13.9. The third-order valence-electron chi connectivity index (χ3n) is 20.7. The highest BCUT2D eigenvalue weighted by Gasteiger charge is 2.37. The molecule has 0 aromatic heterocycles. The van der Waals surface area contributed by atoms with Crippen molar-refractivity contribution in [2.24, 2.45) is 92.8 Å². The van der Waals surface area contributed by atoms with Gasteiger partial charge in [0, 0.05) is 157 Å². The van der Waals surface area contributed by atoms with Gasteiger partial charge in [-0.3, -0.25) is 111 Å². The number of rotatable bonds is 74. The number of benzene rings is 1. The van der Waals surface area contributed by atoms with E-state index < -0.39 is 204 Å². The molecule has 0 radical (unpaired) electrons. The average molecular weight is 1850 g/mol. The van der Waals surface area contributed by atoms with E-state index in [1.165, 1.54) is 13.8 Å². The Kier molecular flexibility index (Phi) is 58.2. The molecular weight excluding hydrogens is 1710 g/mol. The summed E-state index contributed by atoms with van der Waals surface area (Å²) in [6, 6.07) is -0.288. The van der Waals surface area contributed by atoms with Crippen LogP contribution in [0.4, 0.5) is 0 Å². The first-order valence-electron chi connectivity index (χ1n) is 43.4. The Morgan fingerprint density at radius 1 is 0.315 bits per heavy atom. The molecule has 1 aromatic carbocycles. The van der Waals surface area contributed by atoms with Crippen molar-refractivity contribution in [3.8, 4) is 0 Å². The summed E-state index contributed by atoms with van der Waals surface area (Å²) in [5.41, 5.74) is 57.0. The number of nitrogens with two attached hydrogens (primary N) is 10. The summed E-state index contributed by atoms with van der Waals surface area (Å²) in [4.78, 5) is 197. The zero-order valence-electron chi connectivity index (χ0n) is 74.6. The lowest BCUT2D eigenvalue weighted by atomic mass is 9.88. The second kappa shape index (κ2) is 65.7. The molecule has 0 aliphatic heterocycles. The third kappa shape index (κ3) is 54.3. The van der Waals surface area contributed by atoms with Gasteiger partial charge in [-0.1, -0.05) is 24.3 Å². The molecule has 43 N–H and O–H groups in total. The molecule has 0 aliphatic carbocycles. The van der Waals surface area contributed by atoms with Gasteiger partial charge in [0.2, 0.25) is 35.4 Å². The number of hydrogen-bond acceptors (Lipinski definition) is 25. The van der Waals surface area contributed by atoms with Crippen LogP contribution in [-0.4, -0.2) is 243 Å². The number of hydrogen-bond donors (Lipinski definition) is 34. The van der Waals surface area contributed by atoms with E-state index in [4.69, 9.17) is 111 Å². The second-order valence-corrected chi connectivity index (χ2v) is 32.2. The maximum Gasteiger partial charge on any atom is 0.224 e. The molecule has 1 aromatic rings. The van der Waals surface area contributed by atoms with Crippen LogP contribution in [0.15, 0.2) is 24.3 Å². The summed E-state index contributed by atoms with van der Waals surface area (Å²) in [5.74, 6) is -19.7. The molecule has 48 nitrogen and oxygen atoms in total. The molecule has 49 heteroatoms. The summed E-state index contributed by atoms with van der Waals surface area (Å²) >= 11 is 4.35. The first kappa shape index (κ1) is 115. The van der Waals surface area contributed by atoms with Crippen LogP contribution >= 0.6 is 12.6 Å². The Balaban J connectivity index is 3.98. The Labute approximate surface area is 763 Å². The zero-order chi connectivity index (χ0) is 97.8. The van der Waals surface area contributed by atoms with Crippen molar-refractivity contribution in [2.75, 3.05) is 77.9 Å². The highest BCUT2D eigenvalue weighted by atomic mass is 32.1. The number of thiol groups is 1. The van der Waals surface area contributed by atoms with Crippen molar-refractivity contribution in [3.63, 3.8) is 0 Å². The van der Waals surface area contributed by atoms with Gasteiger partial charge >= 0.3 is 0 Å². The molecule has 0 heterocycles. The molecule has 0 fully saturated rings. The first-order valence-corrected chi connectivity index (χ1v) is 44.0. The van der Waals surface area contributed by atoms with Gasteiger partial charge in [0.05, 0.1) is 30.2 Å². The molecule has 0 unspecified atom stereocenters. The van der Waals surface area contributed by atoms with E-state index >= 15 is 19.2 Å². The summed E-state index contributed by atoms with van der Waals surface area (Å²) in [7, 11) is 0. The van der Waals surface area contributed by atoms with E-state index in [9.17, 15) is 47.9 Å². The molecule has 130 heavy (non-hydrogen) atoms. The molecule has 0 saturated heterocycles. The monoisotopic (exact) mass is 1850 g/mol. The van der Waals surface area contributed by atoms with E-state index in [1.807, 2.05) is 0 Å². The van der Waals surface area contributed by atoms with Gasteiger partial charge < -0.3 is 141 Å². The number of guanidine groups is 9. The molecule has 0 aliphatic rings. The lowest BCUT2D eigenvalue weighted by molar-refractivity contribution is -0.136. The van der Waals surface area contributed by atoms with Crippen molar-refractivity contribution in [3.05, 3.63) is 35.4 Å². The summed E-state index contributed by atoms with van der Waals surface area (Å²) in [6.07, 6.45) is -2.49. The van der Waals surface area contributed by atoms with Crippen LogP contribution in [0.5, 0.6) is 0 Å². The standard InChI is InChI=1S/C81H143N33O15S/c1-46(115)37-50(13-3-27-101-73(83)84)68(124)110-57(18-8-32-106-78(93)94)63(119)40-51(14-4-28-102-74(85)86)69(125)111-58(19-9-33-107-79(95)96)64(120)41-52(15-5-29-103-75(87)88)70(126)112-59(20-10-34-108-80(97)98)65(121)42-53(16-6-30-104-76(89)90)71(127)113-60(21-11-35-109-81(99)100)66(122)43-54(17-7-31-105-77(91)92)72(128)114-61(45-130)62(118)22-12-36-129-44-56(117)39-55(67(82)123)38-48-23-25-49(26-24-48)47(2)116/h23-26,50-55,57-61,130H,3-22,27-45H2,1-2H3,(H2,82,123)(H,110,124)(H,111,125)(H,112,126)(H,113,127)(H,114,128)(H4,83,84,101)(H4,85,86,102)(H4,87,88,103)(H4,89,90,104)(H4,91,92,105)(H4,93,94,106)(H4,95,96,107)(H4,97,98,108)(H4,99,100,109)/t50-,51-,52-,53-,54-,55+,57+,58+,59+,60+,61+/m0/s1. The van der Waals surface area contributed by atoms with Crippen molar-refractivity contribution < 1.29 is 71.9 Å². The minimum absolute atomic E-state index is 0.00161. The lowest BCUT2D eigenvalue weighted by Crippen LogP contribution is -2.49. The third-order valence-corrected chi connectivity index (χ3v) is 21.1. The maximum atomic E-state index is 15.2. The van der Waals surface area contributed by atoms with E-state index in [0.29, 0.717) is 17.5 Å². The van der Waals surface area contributed by atoms with Gasteiger partial charge in [-0.25, -0.2) is 0 Å². The van der Waals surface area contributed by atoms with Crippen LogP contribution in [0.1, 0.15) is 197 Å². The van der Waals surface area contributed by atoms with Gasteiger partial charge in [0.25, 0.3) is 0 Å². The molecule has 11 atom stereocenters. The Morgan fingerprint density at radius 2 is 0.562 bits per heavy atom. The largest absolute Gasteiger partial charge is 0.374 e. The van der Waals surface area contributed by atoms with Crippen LogP contribution in [0.25, 0.3) is 0 Å². The number of ketones is 8. The Bertz CT molecular complexity index is 3970. The molecule has 0 spiro atoms. The fourth-order valence-corrected chi connectivity index (χ4v) is 14.2. The number of nitrogens with one attached hydrogen (secondary N) is 23. The zero-order valence-corrected chi connectivity index (χ0v) is 75.5. The van der Waals surface area contributed by atoms with Crippen molar-refractivity contribution in [1.82, 2.24) is 74.4 Å². The topological polar surface area (TPSA) is 891 Å². The summed E-state index contributed by atoms with van der Waals surface area (Å²) in [5, 5.41) is 107. The van der Waals surface area contributed by atoms with E-state index in [-0.39, 0.29) is 242 Å². The van der Waals surface area contributed by atoms with Gasteiger partial charge in [-0.2, -0.15) is 12.6 Å². The number of ether oxygens (including phenoxy) is 1. The van der Waals surface area contributed by atoms with Crippen LogP contribution in [-0.2, 0) is 73.5 Å². The normalized spacial score (nSPS) is 13.4. The summed E-state index contributed by atoms with van der Waals surface area (Å²) < 4.78 is 5.56. The van der Waals surface area contributed by atoms with Crippen LogP contribution < -0.4 is 132 Å². The van der Waals surface area contributed by atoms with Crippen molar-refractivity contribution in [1.29, 1.82) is 48.7 Å². The maximum absolute atomic E-state index is 15.2. The molecular formula is C81H143N33O15S. The van der Waals surface area contributed by atoms with E-state index in [2.05, 4.69) is 87.1 Å². The number of amides is 6. The Morgan fingerprint density at radius 3 is 0.792 bits per heavy atom. The van der Waals surface area contributed by atoms with Crippen molar-refractivity contribution in [2.45, 2.75) is 217 Å². The minimum Gasteiger partial charge on any atom is -0.374 e. The van der Waals surface area contributed by atoms with E-state index in [1.54, 1.807) is 24.3 Å². The van der Waals surface area contributed by atoms with Gasteiger partial charge in [0.1, 0.15) is 12.4 Å². The predicted octanol–water partition coefficient (Wildman–Crippen LogP) is -4.52. The second-order valence-electron chi connectivity index (χ2n) is 31.8. The molecule has 0 bridgehead atoms. The average Bonchev–Trinajstić information content (AvgIpc) is 0.851. The molecule has 728 valence electrons. The highest BCUT2D eigenvalue weighted by molar-refractivity contribution is 7.80. The molecule has 0 saturated carbocycles. The van der Waals surface area contributed by atoms with Gasteiger partial charge in [-0.05, 0) is 148 Å². The number of carbonyl (C=O) groups is 14. The van der Waals surface area contributed by atoms with Crippen LogP contribution in [0.3, 0.4) is 0 Å². The van der Waals surface area contributed by atoms with Crippen LogP contribution in [0, 0.1) is 84.2 Å². The van der Waals surface area contributed by atoms with E-state index in [0.717, 1.165) is 0 Å². The quantitative estimate of drug-likeness (QED) is 0.00960. The highest BCUT2D eigenvalue weighted by Crippen LogP contribution is 2.25. The first-order chi connectivity index (χ1) is 61.4. The van der Waals surface area contributed by atoms with Gasteiger partial charge in [-0.15, -0.1) is 0 Å². The van der Waals surface area contributed by atoms with Crippen LogP contribution in [0.2, 0.25) is 0 Å². The molecule has 6 amide bonds. The predicted molar refractivity (Wildman–Crippen MR) is 495 cm³/mol. The molecule has 1 rings (SSSR count). The fraction of sp³-hybridized carbons (Fsp3) is 0.642. The number of primary amides is 1. The van der Waals surface area contributed by atoms with Gasteiger partial charge in [0.15, 0.2) is 94.1 Å². The SMILES string of the molecule is CC(=O)C[C@H](CCCNC(=N)N)C(=O)N[C@H](CCCNC(=N)N)C(=O)C[C@H](CCCNC(=N)N)C(=O)N[C@H](CCCNC(=N)N)C(=O)C[C@H](CCCNC(=N)N)C(=O)N[C@H](CCCNC(=N)N)C(=O)C[C@H](CCCNC(=N)N)C(=O)N[C@H](CCCNC(=N)N)C(=O)C[C@H](CCCNC(=N)N)C(=O)N[C@H](CS)C(=O)CCCOCC(=O)C[C@@H](Cc1ccc(C(C)=O)cc1)C(N)=O. The smallest absolute Gasteiger partial charge is 0.224 e.